The lowest BCUT2D eigenvalue weighted by Gasteiger charge is -2.23. The Bertz CT molecular complexity index is 442. The number of carbonyl (C=O) groups is 1. The summed E-state index contributed by atoms with van der Waals surface area (Å²) in [6.07, 6.45) is 0.400. The SMILES string of the molecule is COc1ccc(C)cc1NC(=O)CC1COCCN1. The first kappa shape index (κ1) is 13.8. The summed E-state index contributed by atoms with van der Waals surface area (Å²) in [6, 6.07) is 5.80. The van der Waals surface area contributed by atoms with E-state index in [4.69, 9.17) is 9.47 Å². The van der Waals surface area contributed by atoms with Crippen molar-refractivity contribution in [1.82, 2.24) is 5.32 Å². The van der Waals surface area contributed by atoms with Crippen LogP contribution in [0.5, 0.6) is 5.75 Å². The van der Waals surface area contributed by atoms with Gasteiger partial charge >= 0.3 is 0 Å². The Morgan fingerprint density at radius 3 is 3.11 bits per heavy atom. The van der Waals surface area contributed by atoms with Crippen LogP contribution in [0.25, 0.3) is 0 Å². The Kier molecular flexibility index (Phi) is 4.76. The molecule has 1 aromatic rings. The molecule has 5 nitrogen and oxygen atoms in total. The van der Waals surface area contributed by atoms with Gasteiger partial charge in [-0.3, -0.25) is 4.79 Å². The molecular formula is C14H20N2O3. The molecule has 1 saturated heterocycles. The van der Waals surface area contributed by atoms with Crippen LogP contribution in [0.4, 0.5) is 5.69 Å². The molecule has 19 heavy (non-hydrogen) atoms. The van der Waals surface area contributed by atoms with Crippen molar-refractivity contribution in [3.63, 3.8) is 0 Å². The fourth-order valence-electron chi connectivity index (χ4n) is 2.10. The van der Waals surface area contributed by atoms with Crippen molar-refractivity contribution in [3.8, 4) is 5.75 Å². The number of ether oxygens (including phenoxy) is 2. The highest BCUT2D eigenvalue weighted by atomic mass is 16.5. The van der Waals surface area contributed by atoms with E-state index in [9.17, 15) is 4.79 Å². The van der Waals surface area contributed by atoms with Crippen molar-refractivity contribution in [1.29, 1.82) is 0 Å². The van der Waals surface area contributed by atoms with Crippen molar-refractivity contribution in [2.75, 3.05) is 32.2 Å². The molecule has 2 rings (SSSR count). The maximum atomic E-state index is 12.0. The lowest BCUT2D eigenvalue weighted by atomic mass is 10.1. The Hall–Kier alpha value is -1.59. The van der Waals surface area contributed by atoms with Gasteiger partial charge in [-0.25, -0.2) is 0 Å². The summed E-state index contributed by atoms with van der Waals surface area (Å²) < 4.78 is 10.6. The van der Waals surface area contributed by atoms with E-state index < -0.39 is 0 Å². The number of aryl methyl sites for hydroxylation is 1. The number of hydrogen-bond acceptors (Lipinski definition) is 4. The molecule has 104 valence electrons. The molecule has 0 spiro atoms. The van der Waals surface area contributed by atoms with Gasteiger partial charge in [0.1, 0.15) is 5.75 Å². The molecule has 1 fully saturated rings. The van der Waals surface area contributed by atoms with Gasteiger partial charge in [-0.15, -0.1) is 0 Å². The van der Waals surface area contributed by atoms with E-state index in [0.29, 0.717) is 31.1 Å². The highest BCUT2D eigenvalue weighted by Crippen LogP contribution is 2.25. The standard InChI is InChI=1S/C14H20N2O3/c1-10-3-4-13(18-2)12(7-10)16-14(17)8-11-9-19-6-5-15-11/h3-4,7,11,15H,5-6,8-9H2,1-2H3,(H,16,17). The molecule has 0 bridgehead atoms. The fourth-order valence-corrected chi connectivity index (χ4v) is 2.10. The number of rotatable bonds is 4. The molecule has 0 radical (unpaired) electrons. The van der Waals surface area contributed by atoms with Crippen molar-refractivity contribution >= 4 is 11.6 Å². The number of anilines is 1. The minimum absolute atomic E-state index is 0.0353. The first-order valence-corrected chi connectivity index (χ1v) is 6.44. The van der Waals surface area contributed by atoms with Gasteiger partial charge in [-0.05, 0) is 24.6 Å². The molecule has 1 heterocycles. The predicted molar refractivity (Wildman–Crippen MR) is 73.6 cm³/mol. The predicted octanol–water partition coefficient (Wildman–Crippen LogP) is 1.32. The molecule has 1 amide bonds. The van der Waals surface area contributed by atoms with Crippen molar-refractivity contribution in [2.24, 2.45) is 0 Å². The van der Waals surface area contributed by atoms with Crippen molar-refractivity contribution in [3.05, 3.63) is 23.8 Å². The van der Waals surface area contributed by atoms with Crippen LogP contribution in [-0.4, -0.2) is 38.8 Å². The van der Waals surface area contributed by atoms with Gasteiger partial charge in [-0.1, -0.05) is 6.07 Å². The van der Waals surface area contributed by atoms with E-state index in [1.807, 2.05) is 25.1 Å². The quantitative estimate of drug-likeness (QED) is 0.861. The number of amides is 1. The Morgan fingerprint density at radius 2 is 2.42 bits per heavy atom. The van der Waals surface area contributed by atoms with Gasteiger partial charge in [0, 0.05) is 19.0 Å². The zero-order valence-electron chi connectivity index (χ0n) is 11.4. The number of benzene rings is 1. The normalized spacial score (nSPS) is 18.9. The molecule has 0 aromatic heterocycles. The van der Waals surface area contributed by atoms with Gasteiger partial charge < -0.3 is 20.1 Å². The van der Waals surface area contributed by atoms with E-state index in [1.54, 1.807) is 7.11 Å². The summed E-state index contributed by atoms with van der Waals surface area (Å²) in [7, 11) is 1.59. The second kappa shape index (κ2) is 6.54. The van der Waals surface area contributed by atoms with Gasteiger partial charge in [0.05, 0.1) is 26.0 Å². The molecule has 1 atom stereocenters. The molecule has 1 aliphatic heterocycles. The van der Waals surface area contributed by atoms with E-state index in [1.165, 1.54) is 0 Å². The van der Waals surface area contributed by atoms with Crippen LogP contribution in [0, 0.1) is 6.92 Å². The largest absolute Gasteiger partial charge is 0.495 e. The maximum absolute atomic E-state index is 12.0. The highest BCUT2D eigenvalue weighted by molar-refractivity contribution is 5.92. The van der Waals surface area contributed by atoms with Crippen LogP contribution < -0.4 is 15.4 Å². The second-order valence-corrected chi connectivity index (χ2v) is 4.68. The first-order chi connectivity index (χ1) is 9.19. The molecule has 0 saturated carbocycles. The van der Waals surface area contributed by atoms with E-state index in [0.717, 1.165) is 12.1 Å². The monoisotopic (exact) mass is 264 g/mol. The van der Waals surface area contributed by atoms with Crippen molar-refractivity contribution < 1.29 is 14.3 Å². The average molecular weight is 264 g/mol. The Balaban J connectivity index is 1.95. The van der Waals surface area contributed by atoms with Crippen LogP contribution >= 0.6 is 0 Å². The number of morpholine rings is 1. The zero-order chi connectivity index (χ0) is 13.7. The highest BCUT2D eigenvalue weighted by Gasteiger charge is 2.17. The van der Waals surface area contributed by atoms with Gasteiger partial charge in [-0.2, -0.15) is 0 Å². The molecule has 1 unspecified atom stereocenters. The van der Waals surface area contributed by atoms with Crippen LogP contribution in [0.2, 0.25) is 0 Å². The van der Waals surface area contributed by atoms with Gasteiger partial charge in [0.15, 0.2) is 0 Å². The minimum Gasteiger partial charge on any atom is -0.495 e. The second-order valence-electron chi connectivity index (χ2n) is 4.68. The molecule has 5 heteroatoms. The molecule has 0 aliphatic carbocycles. The van der Waals surface area contributed by atoms with Crippen LogP contribution in [0.15, 0.2) is 18.2 Å². The topological polar surface area (TPSA) is 59.6 Å². The Morgan fingerprint density at radius 1 is 1.58 bits per heavy atom. The number of carbonyl (C=O) groups excluding carboxylic acids is 1. The zero-order valence-corrected chi connectivity index (χ0v) is 11.4. The summed E-state index contributed by atoms with van der Waals surface area (Å²) >= 11 is 0. The van der Waals surface area contributed by atoms with Crippen molar-refractivity contribution in [2.45, 2.75) is 19.4 Å². The maximum Gasteiger partial charge on any atom is 0.226 e. The van der Waals surface area contributed by atoms with E-state index in [-0.39, 0.29) is 11.9 Å². The number of nitrogens with one attached hydrogen (secondary N) is 2. The Labute approximate surface area is 113 Å². The molecular weight excluding hydrogens is 244 g/mol. The lowest BCUT2D eigenvalue weighted by Crippen LogP contribution is -2.43. The summed E-state index contributed by atoms with van der Waals surface area (Å²) in [4.78, 5) is 12.0. The van der Waals surface area contributed by atoms with Crippen LogP contribution in [0.1, 0.15) is 12.0 Å². The third-order valence-electron chi connectivity index (χ3n) is 3.06. The van der Waals surface area contributed by atoms with E-state index in [2.05, 4.69) is 10.6 Å². The smallest absolute Gasteiger partial charge is 0.226 e. The summed E-state index contributed by atoms with van der Waals surface area (Å²) in [5.74, 6) is 0.638. The average Bonchev–Trinajstić information content (AvgIpc) is 2.40. The molecule has 1 aromatic carbocycles. The third kappa shape index (κ3) is 3.94. The van der Waals surface area contributed by atoms with Crippen LogP contribution in [0.3, 0.4) is 0 Å². The fraction of sp³-hybridized carbons (Fsp3) is 0.500. The third-order valence-corrected chi connectivity index (χ3v) is 3.06. The minimum atomic E-state index is -0.0353. The first-order valence-electron chi connectivity index (χ1n) is 6.44. The molecule has 2 N–H and O–H groups in total. The summed E-state index contributed by atoms with van der Waals surface area (Å²) in [5, 5.41) is 6.15. The van der Waals surface area contributed by atoms with Gasteiger partial charge in [0.25, 0.3) is 0 Å². The summed E-state index contributed by atoms with van der Waals surface area (Å²) in [6.45, 7) is 4.07. The number of hydrogen-bond donors (Lipinski definition) is 2. The number of methoxy groups -OCH3 is 1. The lowest BCUT2D eigenvalue weighted by molar-refractivity contribution is -0.117. The van der Waals surface area contributed by atoms with Crippen LogP contribution in [-0.2, 0) is 9.53 Å². The van der Waals surface area contributed by atoms with Gasteiger partial charge in [0.2, 0.25) is 5.91 Å². The molecule has 1 aliphatic rings. The van der Waals surface area contributed by atoms with E-state index >= 15 is 0 Å². The summed E-state index contributed by atoms with van der Waals surface area (Å²) in [5.41, 5.74) is 1.79.